The zero-order valence-electron chi connectivity index (χ0n) is 16.0. The second-order valence-corrected chi connectivity index (χ2v) is 7.40. The van der Waals surface area contributed by atoms with Gasteiger partial charge in [0.05, 0.1) is 5.92 Å². The third-order valence-electron chi connectivity index (χ3n) is 5.32. The van der Waals surface area contributed by atoms with Crippen LogP contribution in [-0.4, -0.2) is 17.2 Å². The minimum atomic E-state index is -3.19. The van der Waals surface area contributed by atoms with Crippen LogP contribution in [-0.2, 0) is 4.79 Å². The first-order chi connectivity index (χ1) is 12.9. The average Bonchev–Trinajstić information content (AvgIpc) is 2.64. The maximum absolute atomic E-state index is 14.9. The Morgan fingerprint density at radius 2 is 1.89 bits per heavy atom. The number of benzene rings is 1. The van der Waals surface area contributed by atoms with Crippen LogP contribution in [0.3, 0.4) is 0 Å². The first-order valence-electron chi connectivity index (χ1n) is 10.00. The number of unbranched alkanes of at least 4 members (excludes halogenated alkanes) is 3. The zero-order valence-corrected chi connectivity index (χ0v) is 16.0. The molecule has 150 valence electrons. The van der Waals surface area contributed by atoms with Crippen LogP contribution < -0.4 is 4.74 Å². The molecule has 2 unspecified atom stereocenters. The first-order valence-corrected chi connectivity index (χ1v) is 10.00. The molecule has 0 aliphatic heterocycles. The lowest BCUT2D eigenvalue weighted by atomic mass is 9.76. The summed E-state index contributed by atoms with van der Waals surface area (Å²) in [5.41, 5.74) is 0.625. The van der Waals surface area contributed by atoms with E-state index in [2.05, 4.69) is 6.92 Å². The Balaban J connectivity index is 1.98. The first kappa shape index (κ1) is 21.4. The molecule has 0 bridgehead atoms. The van der Waals surface area contributed by atoms with Crippen molar-refractivity contribution >= 4 is 12.0 Å². The number of alkyl halides is 2. The van der Waals surface area contributed by atoms with Gasteiger partial charge in [-0.2, -0.15) is 8.78 Å². The largest absolute Gasteiger partial charge is 0.478 e. The van der Waals surface area contributed by atoms with Gasteiger partial charge in [0.2, 0.25) is 0 Å². The summed E-state index contributed by atoms with van der Waals surface area (Å²) in [6.07, 6.45) is 7.72. The highest BCUT2D eigenvalue weighted by molar-refractivity contribution is 5.85. The number of carbonyl (C=O) groups is 1. The highest BCUT2D eigenvalue weighted by atomic mass is 19.3. The molecule has 1 aromatic carbocycles. The molecule has 3 nitrogen and oxygen atoms in total. The minimum Gasteiger partial charge on any atom is -0.478 e. The summed E-state index contributed by atoms with van der Waals surface area (Å²) < 4.78 is 34.8. The lowest BCUT2D eigenvalue weighted by Crippen LogP contribution is -2.41. The van der Waals surface area contributed by atoms with Crippen LogP contribution in [0.15, 0.2) is 30.3 Å². The van der Waals surface area contributed by atoms with Crippen molar-refractivity contribution in [1.29, 1.82) is 0 Å². The van der Waals surface area contributed by atoms with Crippen molar-refractivity contribution in [3.05, 3.63) is 35.9 Å². The molecule has 0 aromatic heterocycles. The number of ether oxygens (including phenoxy) is 1. The molecule has 1 aliphatic rings. The van der Waals surface area contributed by atoms with Gasteiger partial charge in [0.1, 0.15) is 5.75 Å². The van der Waals surface area contributed by atoms with Crippen LogP contribution in [0.25, 0.3) is 6.08 Å². The summed E-state index contributed by atoms with van der Waals surface area (Å²) in [5.74, 6) is -1.66. The molecular weight excluding hydrogens is 350 g/mol. The fourth-order valence-electron chi connectivity index (χ4n) is 3.88. The molecule has 0 spiro atoms. The zero-order chi connectivity index (χ0) is 19.7. The summed E-state index contributed by atoms with van der Waals surface area (Å²) in [6.45, 7) is 2.15. The van der Waals surface area contributed by atoms with E-state index in [9.17, 15) is 13.6 Å². The van der Waals surface area contributed by atoms with Crippen molar-refractivity contribution < 1.29 is 23.4 Å². The van der Waals surface area contributed by atoms with Crippen LogP contribution >= 0.6 is 0 Å². The van der Waals surface area contributed by atoms with Gasteiger partial charge in [0, 0.05) is 6.08 Å². The molecule has 2 rings (SSSR count). The lowest BCUT2D eigenvalue weighted by Gasteiger charge is -2.36. The molecule has 0 radical (unpaired) electrons. The fourth-order valence-corrected chi connectivity index (χ4v) is 3.88. The topological polar surface area (TPSA) is 46.5 Å². The van der Waals surface area contributed by atoms with E-state index in [0.717, 1.165) is 57.4 Å². The van der Waals surface area contributed by atoms with Gasteiger partial charge in [-0.25, -0.2) is 4.79 Å². The number of carboxylic acids is 1. The smallest absolute Gasteiger partial charge is 0.400 e. The molecule has 1 fully saturated rings. The van der Waals surface area contributed by atoms with Gasteiger partial charge >= 0.3 is 12.1 Å². The Bertz CT molecular complexity index is 610. The highest BCUT2D eigenvalue weighted by Gasteiger charge is 2.47. The lowest BCUT2D eigenvalue weighted by molar-refractivity contribution is -0.234. The molecule has 2 atom stereocenters. The van der Waals surface area contributed by atoms with Crippen molar-refractivity contribution in [1.82, 2.24) is 0 Å². The number of halogens is 2. The third-order valence-corrected chi connectivity index (χ3v) is 5.32. The molecule has 0 saturated heterocycles. The Kier molecular flexibility index (Phi) is 8.26. The predicted octanol–water partition coefficient (Wildman–Crippen LogP) is 6.53. The van der Waals surface area contributed by atoms with Crippen molar-refractivity contribution in [2.24, 2.45) is 11.8 Å². The van der Waals surface area contributed by atoms with E-state index in [0.29, 0.717) is 12.0 Å². The summed E-state index contributed by atoms with van der Waals surface area (Å²) in [7, 11) is 0. The van der Waals surface area contributed by atoms with Crippen molar-refractivity contribution in [2.45, 2.75) is 70.8 Å². The maximum atomic E-state index is 14.9. The Labute approximate surface area is 160 Å². The van der Waals surface area contributed by atoms with E-state index >= 15 is 0 Å². The van der Waals surface area contributed by atoms with Crippen LogP contribution in [0.5, 0.6) is 5.75 Å². The van der Waals surface area contributed by atoms with E-state index < -0.39 is 18.0 Å². The number of aliphatic carboxylic acids is 1. The summed E-state index contributed by atoms with van der Waals surface area (Å²) in [4.78, 5) is 10.5. The van der Waals surface area contributed by atoms with Crippen LogP contribution in [0.1, 0.15) is 70.3 Å². The van der Waals surface area contributed by atoms with Crippen LogP contribution in [0.2, 0.25) is 0 Å². The summed E-state index contributed by atoms with van der Waals surface area (Å²) >= 11 is 0. The third kappa shape index (κ3) is 6.96. The summed E-state index contributed by atoms with van der Waals surface area (Å²) in [6, 6.07) is 6.09. The molecule has 1 aliphatic carbocycles. The van der Waals surface area contributed by atoms with Gasteiger partial charge in [-0.1, -0.05) is 57.6 Å². The molecule has 0 heterocycles. The van der Waals surface area contributed by atoms with E-state index in [1.54, 1.807) is 12.1 Å². The Morgan fingerprint density at radius 3 is 2.56 bits per heavy atom. The second-order valence-electron chi connectivity index (χ2n) is 7.40. The van der Waals surface area contributed by atoms with Crippen molar-refractivity contribution in [3.8, 4) is 5.75 Å². The SMILES string of the molecule is CCCCCCC1CCCCC1C(F)(F)Oc1ccc(/C=C/C(=O)O)cc1. The van der Waals surface area contributed by atoms with E-state index in [-0.39, 0.29) is 11.7 Å². The fraction of sp³-hybridized carbons (Fsp3) is 0.591. The number of carboxylic acid groups (broad SMARTS) is 1. The summed E-state index contributed by atoms with van der Waals surface area (Å²) in [5, 5.41) is 8.63. The van der Waals surface area contributed by atoms with Gasteiger partial charge in [-0.3, -0.25) is 0 Å². The van der Waals surface area contributed by atoms with Crippen molar-refractivity contribution in [2.75, 3.05) is 0 Å². The normalized spacial score (nSPS) is 20.7. The van der Waals surface area contributed by atoms with Gasteiger partial charge in [0.25, 0.3) is 0 Å². The molecule has 0 amide bonds. The van der Waals surface area contributed by atoms with E-state index in [4.69, 9.17) is 9.84 Å². The predicted molar refractivity (Wildman–Crippen MR) is 103 cm³/mol. The number of rotatable bonds is 10. The van der Waals surface area contributed by atoms with Crippen molar-refractivity contribution in [3.63, 3.8) is 0 Å². The molecular formula is C22H30F2O3. The van der Waals surface area contributed by atoms with Gasteiger partial charge in [-0.05, 0) is 49.0 Å². The monoisotopic (exact) mass is 380 g/mol. The number of hydrogen-bond acceptors (Lipinski definition) is 2. The molecule has 1 saturated carbocycles. The van der Waals surface area contributed by atoms with Gasteiger partial charge in [-0.15, -0.1) is 0 Å². The second kappa shape index (κ2) is 10.4. The quantitative estimate of drug-likeness (QED) is 0.371. The average molecular weight is 380 g/mol. The van der Waals surface area contributed by atoms with Gasteiger partial charge in [0.15, 0.2) is 0 Å². The Morgan fingerprint density at radius 1 is 1.19 bits per heavy atom. The van der Waals surface area contributed by atoms with Crippen LogP contribution in [0, 0.1) is 11.8 Å². The maximum Gasteiger partial charge on any atom is 0.400 e. The molecule has 27 heavy (non-hydrogen) atoms. The number of hydrogen-bond donors (Lipinski definition) is 1. The molecule has 1 N–H and O–H groups in total. The van der Waals surface area contributed by atoms with Gasteiger partial charge < -0.3 is 9.84 Å². The molecule has 1 aromatic rings. The van der Waals surface area contributed by atoms with Crippen LogP contribution in [0.4, 0.5) is 8.78 Å². The minimum absolute atomic E-state index is 0.0170. The molecule has 5 heteroatoms. The van der Waals surface area contributed by atoms with E-state index in [1.165, 1.54) is 18.2 Å². The van der Waals surface area contributed by atoms with E-state index in [1.807, 2.05) is 0 Å². The highest BCUT2D eigenvalue weighted by Crippen LogP contribution is 2.43. The Hall–Kier alpha value is -1.91. The standard InChI is InChI=1S/C22H30F2O3/c1-2-3-4-5-8-18-9-6-7-10-20(18)22(23,24)27-19-14-11-17(12-15-19)13-16-21(25)26/h11-16,18,20H,2-10H2,1H3,(H,25,26)/b16-13+.